The van der Waals surface area contributed by atoms with E-state index in [1.54, 1.807) is 0 Å². The number of aliphatic hydroxyl groups is 1. The van der Waals surface area contributed by atoms with Crippen molar-refractivity contribution in [3.8, 4) is 0 Å². The summed E-state index contributed by atoms with van der Waals surface area (Å²) in [7, 11) is 0. The number of rotatable bonds is 4. The molecule has 0 saturated carbocycles. The molecule has 0 radical (unpaired) electrons. The molecule has 0 aromatic carbocycles. The fourth-order valence-electron chi connectivity index (χ4n) is 1.17. The molecule has 1 unspecified atom stereocenters. The van der Waals surface area contributed by atoms with Crippen LogP contribution >= 0.6 is 11.9 Å². The first-order valence-electron chi connectivity index (χ1n) is 4.39. The van der Waals surface area contributed by atoms with Gasteiger partial charge >= 0.3 is 0 Å². The van der Waals surface area contributed by atoms with Gasteiger partial charge in [-0.05, 0) is 12.8 Å². The highest BCUT2D eigenvalue weighted by atomic mass is 32.2. The zero-order valence-corrected chi connectivity index (χ0v) is 7.94. The molecule has 0 bridgehead atoms. The Hall–Kier alpha value is 0.270. The number of β-amino-alcohol motifs (C(OH)–C–C–N with tert-alkyl or cyclic N) is 1. The van der Waals surface area contributed by atoms with Gasteiger partial charge in [0.2, 0.25) is 0 Å². The normalized spacial score (nSPS) is 26.2. The zero-order valence-electron chi connectivity index (χ0n) is 7.12. The van der Waals surface area contributed by atoms with Crippen LogP contribution in [0.2, 0.25) is 0 Å². The minimum absolute atomic E-state index is 0.0656. The van der Waals surface area contributed by atoms with Gasteiger partial charge in [-0.3, -0.25) is 0 Å². The lowest BCUT2D eigenvalue weighted by Crippen LogP contribution is -2.14. The van der Waals surface area contributed by atoms with Crippen LogP contribution < -0.4 is 0 Å². The number of hydrogen-bond acceptors (Lipinski definition) is 3. The molecule has 1 atom stereocenters. The molecule has 1 rings (SSSR count). The standard InChI is InChI=1S/C8H17NOS/c1-2-3-6-11-9-5-4-8(10)7-9/h8,10H,2-7H2,1H3. The van der Waals surface area contributed by atoms with Crippen LogP contribution in [0.3, 0.4) is 0 Å². The summed E-state index contributed by atoms with van der Waals surface area (Å²) in [6, 6.07) is 0. The van der Waals surface area contributed by atoms with E-state index in [1.807, 2.05) is 11.9 Å². The molecule has 0 aliphatic carbocycles. The Morgan fingerprint density at radius 1 is 1.64 bits per heavy atom. The lowest BCUT2D eigenvalue weighted by atomic mass is 10.3. The predicted octanol–water partition coefficient (Wildman–Crippen LogP) is 1.50. The molecule has 66 valence electrons. The molecule has 11 heavy (non-hydrogen) atoms. The van der Waals surface area contributed by atoms with E-state index < -0.39 is 0 Å². The molecule has 1 heterocycles. The topological polar surface area (TPSA) is 23.5 Å². The molecule has 1 aliphatic rings. The van der Waals surface area contributed by atoms with Crippen molar-refractivity contribution in [2.45, 2.75) is 32.3 Å². The summed E-state index contributed by atoms with van der Waals surface area (Å²) in [5.41, 5.74) is 0. The van der Waals surface area contributed by atoms with Crippen LogP contribution in [0.1, 0.15) is 26.2 Å². The van der Waals surface area contributed by atoms with Crippen molar-refractivity contribution in [3.05, 3.63) is 0 Å². The number of aliphatic hydroxyl groups excluding tert-OH is 1. The third kappa shape index (κ3) is 3.45. The first-order chi connectivity index (χ1) is 5.33. The van der Waals surface area contributed by atoms with Crippen LogP contribution in [0.15, 0.2) is 0 Å². The molecular formula is C8H17NOS. The quantitative estimate of drug-likeness (QED) is 0.517. The predicted molar refractivity (Wildman–Crippen MR) is 49.6 cm³/mol. The van der Waals surface area contributed by atoms with Crippen molar-refractivity contribution < 1.29 is 5.11 Å². The molecule has 1 aliphatic heterocycles. The Balaban J connectivity index is 1.99. The van der Waals surface area contributed by atoms with Crippen molar-refractivity contribution in [1.29, 1.82) is 0 Å². The second-order valence-electron chi connectivity index (χ2n) is 3.02. The first-order valence-corrected chi connectivity index (χ1v) is 5.33. The largest absolute Gasteiger partial charge is 0.392 e. The number of unbranched alkanes of at least 4 members (excludes halogenated alkanes) is 1. The van der Waals surface area contributed by atoms with Gasteiger partial charge in [-0.1, -0.05) is 25.3 Å². The van der Waals surface area contributed by atoms with Crippen LogP contribution in [0.5, 0.6) is 0 Å². The Morgan fingerprint density at radius 2 is 2.45 bits per heavy atom. The van der Waals surface area contributed by atoms with Gasteiger partial charge in [0.25, 0.3) is 0 Å². The lowest BCUT2D eigenvalue weighted by molar-refractivity contribution is 0.190. The van der Waals surface area contributed by atoms with Gasteiger partial charge in [-0.2, -0.15) is 0 Å². The van der Waals surface area contributed by atoms with E-state index >= 15 is 0 Å². The second kappa shape index (κ2) is 5.01. The molecular weight excluding hydrogens is 158 g/mol. The van der Waals surface area contributed by atoms with E-state index in [9.17, 15) is 5.11 Å². The second-order valence-corrected chi connectivity index (χ2v) is 4.20. The minimum Gasteiger partial charge on any atom is -0.392 e. The third-order valence-electron chi connectivity index (χ3n) is 1.90. The zero-order chi connectivity index (χ0) is 8.10. The SMILES string of the molecule is CCCCSN1CCC(O)C1. The van der Waals surface area contributed by atoms with Gasteiger partial charge in [-0.15, -0.1) is 0 Å². The summed E-state index contributed by atoms with van der Waals surface area (Å²) in [6.07, 6.45) is 3.45. The molecule has 1 N–H and O–H groups in total. The van der Waals surface area contributed by atoms with Crippen LogP contribution in [0.25, 0.3) is 0 Å². The minimum atomic E-state index is -0.0656. The summed E-state index contributed by atoms with van der Waals surface area (Å²) in [5.74, 6) is 1.21. The summed E-state index contributed by atoms with van der Waals surface area (Å²) in [4.78, 5) is 0. The summed E-state index contributed by atoms with van der Waals surface area (Å²) in [6.45, 7) is 4.14. The first kappa shape index (κ1) is 9.36. The highest BCUT2D eigenvalue weighted by Gasteiger charge is 2.19. The monoisotopic (exact) mass is 175 g/mol. The molecule has 3 heteroatoms. The van der Waals surface area contributed by atoms with Crippen LogP contribution in [0, 0.1) is 0 Å². The Morgan fingerprint density at radius 3 is 3.00 bits per heavy atom. The van der Waals surface area contributed by atoms with Crippen LogP contribution in [-0.2, 0) is 0 Å². The molecule has 0 aromatic heterocycles. The maximum absolute atomic E-state index is 9.20. The van der Waals surface area contributed by atoms with Gasteiger partial charge in [0.1, 0.15) is 0 Å². The van der Waals surface area contributed by atoms with E-state index in [1.165, 1.54) is 18.6 Å². The number of nitrogens with zero attached hydrogens (tertiary/aromatic N) is 1. The lowest BCUT2D eigenvalue weighted by Gasteiger charge is -2.12. The fraction of sp³-hybridized carbons (Fsp3) is 1.00. The van der Waals surface area contributed by atoms with Crippen molar-refractivity contribution in [3.63, 3.8) is 0 Å². The summed E-state index contributed by atoms with van der Waals surface area (Å²) >= 11 is 1.89. The summed E-state index contributed by atoms with van der Waals surface area (Å²) < 4.78 is 2.28. The van der Waals surface area contributed by atoms with Gasteiger partial charge in [0, 0.05) is 18.8 Å². The molecule has 1 fully saturated rings. The van der Waals surface area contributed by atoms with Gasteiger partial charge in [0.15, 0.2) is 0 Å². The fourth-order valence-corrected chi connectivity index (χ4v) is 2.35. The van der Waals surface area contributed by atoms with Gasteiger partial charge in [0.05, 0.1) is 6.10 Å². The van der Waals surface area contributed by atoms with E-state index in [4.69, 9.17) is 0 Å². The highest BCUT2D eigenvalue weighted by Crippen LogP contribution is 2.19. The van der Waals surface area contributed by atoms with Crippen LogP contribution in [-0.4, -0.2) is 34.4 Å². The van der Waals surface area contributed by atoms with Crippen molar-refractivity contribution in [2.75, 3.05) is 18.8 Å². The van der Waals surface area contributed by atoms with E-state index in [2.05, 4.69) is 11.2 Å². The van der Waals surface area contributed by atoms with E-state index in [0.717, 1.165) is 19.5 Å². The smallest absolute Gasteiger partial charge is 0.0689 e. The van der Waals surface area contributed by atoms with E-state index in [-0.39, 0.29) is 6.10 Å². The molecule has 0 amide bonds. The van der Waals surface area contributed by atoms with Crippen molar-refractivity contribution in [1.82, 2.24) is 4.31 Å². The average molecular weight is 175 g/mol. The average Bonchev–Trinajstić information content (AvgIpc) is 2.37. The maximum Gasteiger partial charge on any atom is 0.0689 e. The molecule has 2 nitrogen and oxygen atoms in total. The highest BCUT2D eigenvalue weighted by molar-refractivity contribution is 7.97. The molecule has 0 spiro atoms. The third-order valence-corrected chi connectivity index (χ3v) is 3.07. The van der Waals surface area contributed by atoms with Gasteiger partial charge in [-0.25, -0.2) is 4.31 Å². The van der Waals surface area contributed by atoms with Crippen LogP contribution in [0.4, 0.5) is 0 Å². The summed E-state index contributed by atoms with van der Waals surface area (Å²) in [5, 5.41) is 9.20. The molecule has 0 aromatic rings. The number of hydrogen-bond donors (Lipinski definition) is 1. The molecule has 1 saturated heterocycles. The van der Waals surface area contributed by atoms with Crippen molar-refractivity contribution in [2.24, 2.45) is 0 Å². The maximum atomic E-state index is 9.20. The Kier molecular flexibility index (Phi) is 4.26. The van der Waals surface area contributed by atoms with Gasteiger partial charge < -0.3 is 5.11 Å². The Bertz CT molecular complexity index is 110. The Labute approximate surface area is 73.1 Å². The van der Waals surface area contributed by atoms with E-state index in [0.29, 0.717) is 0 Å². The van der Waals surface area contributed by atoms with Crippen molar-refractivity contribution >= 4 is 11.9 Å².